The quantitative estimate of drug-likeness (QED) is 0.515. The summed E-state index contributed by atoms with van der Waals surface area (Å²) in [6, 6.07) is 16.3. The number of aromatic nitrogens is 5. The molecule has 0 unspecified atom stereocenters. The Morgan fingerprint density at radius 3 is 2.12 bits per heavy atom. The third-order valence-electron chi connectivity index (χ3n) is 4.88. The van der Waals surface area contributed by atoms with Gasteiger partial charge in [0.05, 0.1) is 11.0 Å². The topological polar surface area (TPSA) is 51.8 Å². The molecule has 0 aliphatic rings. The standard InChI is InChI=1S/C20H24N6/c1-3-24(4-2)13-14-25-19-12-8-7-11-18(19)21-20(25)15-26-22-16-9-5-6-10-17(16)23-26/h5-12H,3-4,13-15H2,1-2H3. The molecule has 6 nitrogen and oxygen atoms in total. The van der Waals surface area contributed by atoms with Crippen molar-refractivity contribution in [3.8, 4) is 0 Å². The van der Waals surface area contributed by atoms with Crippen LogP contribution in [0.15, 0.2) is 48.5 Å². The smallest absolute Gasteiger partial charge is 0.133 e. The Morgan fingerprint density at radius 2 is 1.46 bits per heavy atom. The van der Waals surface area contributed by atoms with Gasteiger partial charge in [-0.3, -0.25) is 0 Å². The summed E-state index contributed by atoms with van der Waals surface area (Å²) in [4.78, 5) is 9.03. The summed E-state index contributed by atoms with van der Waals surface area (Å²) in [5, 5.41) is 9.18. The highest BCUT2D eigenvalue weighted by atomic mass is 15.5. The van der Waals surface area contributed by atoms with Crippen LogP contribution in [-0.2, 0) is 13.1 Å². The summed E-state index contributed by atoms with van der Waals surface area (Å²) in [5.41, 5.74) is 4.03. The van der Waals surface area contributed by atoms with Gasteiger partial charge < -0.3 is 9.47 Å². The summed E-state index contributed by atoms with van der Waals surface area (Å²) >= 11 is 0. The molecule has 134 valence electrons. The van der Waals surface area contributed by atoms with E-state index in [1.165, 1.54) is 5.52 Å². The van der Waals surface area contributed by atoms with Crippen LogP contribution in [0.1, 0.15) is 19.7 Å². The van der Waals surface area contributed by atoms with Crippen LogP contribution in [0.3, 0.4) is 0 Å². The molecule has 0 saturated carbocycles. The number of para-hydroxylation sites is 2. The fraction of sp³-hybridized carbons (Fsp3) is 0.350. The molecular weight excluding hydrogens is 324 g/mol. The maximum Gasteiger partial charge on any atom is 0.133 e. The molecule has 0 fully saturated rings. The van der Waals surface area contributed by atoms with E-state index in [0.717, 1.165) is 48.6 Å². The SMILES string of the molecule is CCN(CC)CCn1c(Cn2nc3ccccc3n2)nc2ccccc21. The highest BCUT2D eigenvalue weighted by molar-refractivity contribution is 5.76. The number of fused-ring (bicyclic) bond motifs is 2. The molecule has 2 aromatic heterocycles. The summed E-state index contributed by atoms with van der Waals surface area (Å²) in [5.74, 6) is 0.999. The summed E-state index contributed by atoms with van der Waals surface area (Å²) in [7, 11) is 0. The van der Waals surface area contributed by atoms with Gasteiger partial charge in [-0.25, -0.2) is 4.98 Å². The first-order chi connectivity index (χ1) is 12.8. The van der Waals surface area contributed by atoms with Gasteiger partial charge in [-0.1, -0.05) is 38.1 Å². The van der Waals surface area contributed by atoms with E-state index in [1.807, 2.05) is 30.3 Å². The fourth-order valence-electron chi connectivity index (χ4n) is 3.38. The normalized spacial score (nSPS) is 11.8. The van der Waals surface area contributed by atoms with E-state index in [9.17, 15) is 0 Å². The number of nitrogens with zero attached hydrogens (tertiary/aromatic N) is 6. The maximum atomic E-state index is 4.85. The predicted octanol–water partition coefficient (Wildman–Crippen LogP) is 3.17. The van der Waals surface area contributed by atoms with Crippen molar-refractivity contribution in [1.29, 1.82) is 0 Å². The van der Waals surface area contributed by atoms with Gasteiger partial charge in [0.1, 0.15) is 23.4 Å². The number of benzene rings is 2. The van der Waals surface area contributed by atoms with E-state index < -0.39 is 0 Å². The van der Waals surface area contributed by atoms with Crippen molar-refractivity contribution >= 4 is 22.1 Å². The summed E-state index contributed by atoms with van der Waals surface area (Å²) in [6.45, 7) is 9.02. The third kappa shape index (κ3) is 3.20. The number of hydrogen-bond acceptors (Lipinski definition) is 4. The van der Waals surface area contributed by atoms with E-state index in [4.69, 9.17) is 4.98 Å². The van der Waals surface area contributed by atoms with Gasteiger partial charge in [0.15, 0.2) is 0 Å². The highest BCUT2D eigenvalue weighted by Crippen LogP contribution is 2.17. The molecule has 0 aliphatic heterocycles. The molecule has 0 radical (unpaired) electrons. The number of imidazole rings is 1. The lowest BCUT2D eigenvalue weighted by Crippen LogP contribution is -2.27. The molecule has 0 bridgehead atoms. The Kier molecular flexibility index (Phi) is 4.67. The van der Waals surface area contributed by atoms with Gasteiger partial charge in [0.2, 0.25) is 0 Å². The predicted molar refractivity (Wildman–Crippen MR) is 104 cm³/mol. The third-order valence-corrected chi connectivity index (χ3v) is 4.88. The second-order valence-corrected chi connectivity index (χ2v) is 6.41. The van der Waals surface area contributed by atoms with Crippen molar-refractivity contribution in [2.45, 2.75) is 26.9 Å². The minimum atomic E-state index is 0.571. The number of hydrogen-bond donors (Lipinski definition) is 0. The van der Waals surface area contributed by atoms with E-state index in [0.29, 0.717) is 6.54 Å². The van der Waals surface area contributed by atoms with Gasteiger partial charge in [0, 0.05) is 13.1 Å². The van der Waals surface area contributed by atoms with E-state index in [-0.39, 0.29) is 0 Å². The first kappa shape index (κ1) is 16.7. The Morgan fingerprint density at radius 1 is 0.846 bits per heavy atom. The zero-order chi connectivity index (χ0) is 17.9. The first-order valence-corrected chi connectivity index (χ1v) is 9.25. The molecular formula is C20H24N6. The molecule has 26 heavy (non-hydrogen) atoms. The van der Waals surface area contributed by atoms with Crippen LogP contribution in [0.5, 0.6) is 0 Å². The zero-order valence-electron chi connectivity index (χ0n) is 15.3. The monoisotopic (exact) mass is 348 g/mol. The Hall–Kier alpha value is -2.73. The highest BCUT2D eigenvalue weighted by Gasteiger charge is 2.13. The molecule has 0 N–H and O–H groups in total. The molecule has 0 spiro atoms. The van der Waals surface area contributed by atoms with Crippen LogP contribution in [0.2, 0.25) is 0 Å². The van der Waals surface area contributed by atoms with Crippen molar-refractivity contribution in [2.75, 3.05) is 19.6 Å². The summed E-state index contributed by atoms with van der Waals surface area (Å²) in [6.07, 6.45) is 0. The van der Waals surface area contributed by atoms with Crippen LogP contribution < -0.4 is 0 Å². The van der Waals surface area contributed by atoms with E-state index >= 15 is 0 Å². The van der Waals surface area contributed by atoms with Gasteiger partial charge >= 0.3 is 0 Å². The van der Waals surface area contributed by atoms with Crippen LogP contribution in [0.4, 0.5) is 0 Å². The maximum absolute atomic E-state index is 4.85. The molecule has 0 amide bonds. The average molecular weight is 348 g/mol. The second-order valence-electron chi connectivity index (χ2n) is 6.41. The van der Waals surface area contributed by atoms with Gasteiger partial charge in [-0.15, -0.1) is 0 Å². The van der Waals surface area contributed by atoms with Gasteiger partial charge in [-0.05, 0) is 37.4 Å². The lowest BCUT2D eigenvalue weighted by Gasteiger charge is -2.19. The lowest BCUT2D eigenvalue weighted by atomic mass is 10.3. The molecule has 4 aromatic rings. The summed E-state index contributed by atoms with van der Waals surface area (Å²) < 4.78 is 2.31. The Balaban J connectivity index is 1.67. The van der Waals surface area contributed by atoms with Crippen molar-refractivity contribution in [3.05, 3.63) is 54.4 Å². The fourth-order valence-corrected chi connectivity index (χ4v) is 3.38. The van der Waals surface area contributed by atoms with Crippen LogP contribution in [-0.4, -0.2) is 49.1 Å². The Bertz CT molecular complexity index is 978. The molecule has 6 heteroatoms. The van der Waals surface area contributed by atoms with Crippen molar-refractivity contribution < 1.29 is 0 Å². The van der Waals surface area contributed by atoms with Crippen LogP contribution in [0, 0.1) is 0 Å². The van der Waals surface area contributed by atoms with Gasteiger partial charge in [-0.2, -0.15) is 15.0 Å². The van der Waals surface area contributed by atoms with Crippen LogP contribution in [0.25, 0.3) is 22.1 Å². The molecule has 0 atom stereocenters. The van der Waals surface area contributed by atoms with Crippen molar-refractivity contribution in [3.63, 3.8) is 0 Å². The molecule has 4 rings (SSSR count). The largest absolute Gasteiger partial charge is 0.325 e. The first-order valence-electron chi connectivity index (χ1n) is 9.25. The minimum Gasteiger partial charge on any atom is -0.325 e. The zero-order valence-corrected chi connectivity index (χ0v) is 15.3. The molecule has 2 heterocycles. The lowest BCUT2D eigenvalue weighted by molar-refractivity contribution is 0.290. The van der Waals surface area contributed by atoms with E-state index in [2.05, 4.69) is 51.7 Å². The number of rotatable bonds is 7. The molecule has 0 aliphatic carbocycles. The number of likely N-dealkylation sites (N-methyl/N-ethyl adjacent to an activating group) is 1. The van der Waals surface area contributed by atoms with Crippen LogP contribution >= 0.6 is 0 Å². The minimum absolute atomic E-state index is 0.571. The van der Waals surface area contributed by atoms with E-state index in [1.54, 1.807) is 4.80 Å². The Labute approximate surface area is 153 Å². The molecule has 2 aromatic carbocycles. The van der Waals surface area contributed by atoms with Crippen molar-refractivity contribution in [2.24, 2.45) is 0 Å². The average Bonchev–Trinajstić information content (AvgIpc) is 3.23. The van der Waals surface area contributed by atoms with Gasteiger partial charge in [0.25, 0.3) is 0 Å². The van der Waals surface area contributed by atoms with Crippen molar-refractivity contribution in [1.82, 2.24) is 29.4 Å². The second kappa shape index (κ2) is 7.25. The molecule has 0 saturated heterocycles.